The smallest absolute Gasteiger partial charge is 0.328 e. The molecule has 2 N–H and O–H groups in total. The number of esters is 1. The van der Waals surface area contributed by atoms with Crippen LogP contribution in [0.1, 0.15) is 74.5 Å². The van der Waals surface area contributed by atoms with Gasteiger partial charge in [0, 0.05) is 29.9 Å². The zero-order valence-electron chi connectivity index (χ0n) is 32.1. The molecule has 4 amide bonds. The highest BCUT2D eigenvalue weighted by molar-refractivity contribution is 7.99. The number of fused-ring (bicyclic) bond motifs is 1. The Morgan fingerprint density at radius 2 is 1.52 bits per heavy atom. The zero-order chi connectivity index (χ0) is 39.4. The lowest BCUT2D eigenvalue weighted by atomic mass is 9.86. The van der Waals surface area contributed by atoms with Crippen molar-refractivity contribution in [2.45, 2.75) is 101 Å². The van der Waals surface area contributed by atoms with E-state index in [1.165, 1.54) is 7.11 Å². The largest absolute Gasteiger partial charge is 0.467 e. The van der Waals surface area contributed by atoms with Crippen molar-refractivity contribution in [2.24, 2.45) is 11.8 Å². The molecule has 0 aromatic heterocycles. The van der Waals surface area contributed by atoms with Gasteiger partial charge in [-0.3, -0.25) is 19.2 Å². The third kappa shape index (κ3) is 10.5. The lowest BCUT2D eigenvalue weighted by Crippen LogP contribution is -2.57. The Morgan fingerprint density at radius 3 is 2.21 bits per heavy atom. The van der Waals surface area contributed by atoms with Crippen molar-refractivity contribution in [2.75, 3.05) is 19.4 Å². The number of ether oxygens (including phenoxy) is 1. The molecule has 0 spiro atoms. The highest BCUT2D eigenvalue weighted by atomic mass is 35.5. The third-order valence-corrected chi connectivity index (χ3v) is 13.0. The lowest BCUT2D eigenvalue weighted by molar-refractivity contribution is -0.156. The molecule has 0 radical (unpaired) electrons. The molecule has 3 unspecified atom stereocenters. The molecule has 56 heavy (non-hydrogen) atoms. The normalized spacial score (nSPS) is 22.4. The van der Waals surface area contributed by atoms with Crippen molar-refractivity contribution in [1.82, 2.24) is 20.4 Å². The number of carbonyl (C=O) groups is 5. The fourth-order valence-electron chi connectivity index (χ4n) is 8.29. The predicted octanol–water partition coefficient (Wildman–Crippen LogP) is 6.34. The van der Waals surface area contributed by atoms with Gasteiger partial charge in [0.25, 0.3) is 0 Å². The summed E-state index contributed by atoms with van der Waals surface area (Å²) >= 11 is 8.29. The Bertz CT molecular complexity index is 1820. The maximum Gasteiger partial charge on any atom is 0.328 e. The first-order chi connectivity index (χ1) is 27.2. The van der Waals surface area contributed by atoms with E-state index in [0.29, 0.717) is 62.3 Å². The molecule has 3 heterocycles. The standard InChI is InChI=1S/C44H53ClN4O6S/c1-55-44(54)38-20-12-21-39-49(38)43(53)36(24-26-56-39)47-40(50)32(27-30-13-4-2-5-14-30)22-23-33(28-31-15-6-3-7-16-31)42(52)48(29-34-17-8-9-18-35(34)45)37-19-10-11-25-46-41(37)51/h2-9,13-18,32-33,36-39H,10-12,19-29H2,1H3,(H,46,51)(H,47,50)/t32-,33-,36?,37+,38?,39?/m1/s1. The van der Waals surface area contributed by atoms with Crippen LogP contribution >= 0.6 is 23.4 Å². The quantitative estimate of drug-likeness (QED) is 0.183. The molecule has 6 rings (SSSR count). The second-order valence-electron chi connectivity index (χ2n) is 15.1. The predicted molar refractivity (Wildman–Crippen MR) is 218 cm³/mol. The van der Waals surface area contributed by atoms with Crippen LogP contribution in [0.3, 0.4) is 0 Å². The lowest BCUT2D eigenvalue weighted by Gasteiger charge is -2.40. The van der Waals surface area contributed by atoms with Gasteiger partial charge < -0.3 is 25.2 Å². The minimum absolute atomic E-state index is 0.142. The Morgan fingerprint density at radius 1 is 0.857 bits per heavy atom. The molecule has 12 heteroatoms. The molecular formula is C44H53ClN4O6S. The number of nitrogens with zero attached hydrogens (tertiary/aromatic N) is 2. The third-order valence-electron chi connectivity index (χ3n) is 11.3. The van der Waals surface area contributed by atoms with Crippen molar-refractivity contribution in [3.63, 3.8) is 0 Å². The molecule has 3 fully saturated rings. The van der Waals surface area contributed by atoms with E-state index in [1.807, 2.05) is 78.9 Å². The van der Waals surface area contributed by atoms with Crippen molar-refractivity contribution in [3.8, 4) is 0 Å². The van der Waals surface area contributed by atoms with Crippen molar-refractivity contribution < 1.29 is 28.7 Å². The number of piperidine rings is 1. The van der Waals surface area contributed by atoms with Gasteiger partial charge in [0.2, 0.25) is 23.6 Å². The number of hydrogen-bond acceptors (Lipinski definition) is 7. The van der Waals surface area contributed by atoms with Gasteiger partial charge in [-0.05, 0) is 99.1 Å². The van der Waals surface area contributed by atoms with E-state index >= 15 is 4.79 Å². The number of rotatable bonds is 14. The first-order valence-electron chi connectivity index (χ1n) is 19.9. The summed E-state index contributed by atoms with van der Waals surface area (Å²) in [6, 6.07) is 24.9. The molecule has 3 aliphatic rings. The highest BCUT2D eigenvalue weighted by Gasteiger charge is 2.44. The summed E-state index contributed by atoms with van der Waals surface area (Å²) < 4.78 is 5.08. The van der Waals surface area contributed by atoms with E-state index in [1.54, 1.807) is 27.6 Å². The van der Waals surface area contributed by atoms with Crippen LogP contribution in [0, 0.1) is 11.8 Å². The Balaban J connectivity index is 1.27. The van der Waals surface area contributed by atoms with Gasteiger partial charge in [-0.2, -0.15) is 0 Å². The Labute approximate surface area is 339 Å². The maximum absolute atomic E-state index is 15.0. The van der Waals surface area contributed by atoms with E-state index in [-0.39, 0.29) is 35.5 Å². The minimum Gasteiger partial charge on any atom is -0.467 e. The molecule has 3 saturated heterocycles. The van der Waals surface area contributed by atoms with Gasteiger partial charge >= 0.3 is 5.97 Å². The SMILES string of the molecule is COC(=O)C1CCCC2SCCC(NC(=O)[C@H](CC[C@H](Cc3ccccc3)C(=O)N(Cc3ccccc3Cl)[C@H]3CCCCNC3=O)Cc3ccccc3)C(=O)N21. The first kappa shape index (κ1) is 41.3. The Kier molecular flexibility index (Phi) is 14.9. The van der Waals surface area contributed by atoms with Crippen LogP contribution in [0.25, 0.3) is 0 Å². The van der Waals surface area contributed by atoms with E-state index in [2.05, 4.69) is 10.6 Å². The molecule has 10 nitrogen and oxygen atoms in total. The molecule has 0 bridgehead atoms. The molecule has 0 saturated carbocycles. The van der Waals surface area contributed by atoms with E-state index in [4.69, 9.17) is 16.3 Å². The van der Waals surface area contributed by atoms with Crippen LogP contribution in [0.5, 0.6) is 0 Å². The number of halogens is 1. The number of amides is 4. The fourth-order valence-corrected chi connectivity index (χ4v) is 9.87. The van der Waals surface area contributed by atoms with Gasteiger partial charge in [0.15, 0.2) is 0 Å². The van der Waals surface area contributed by atoms with Crippen LogP contribution < -0.4 is 10.6 Å². The second-order valence-corrected chi connectivity index (χ2v) is 16.8. The average Bonchev–Trinajstić information content (AvgIpc) is 3.53. The van der Waals surface area contributed by atoms with Crippen LogP contribution in [-0.4, -0.2) is 82.3 Å². The van der Waals surface area contributed by atoms with E-state index in [9.17, 15) is 19.2 Å². The van der Waals surface area contributed by atoms with E-state index < -0.39 is 35.9 Å². The van der Waals surface area contributed by atoms with Crippen molar-refractivity contribution in [1.29, 1.82) is 0 Å². The van der Waals surface area contributed by atoms with Gasteiger partial charge in [-0.15, -0.1) is 11.8 Å². The summed E-state index contributed by atoms with van der Waals surface area (Å²) in [5.41, 5.74) is 2.71. The molecular weight excluding hydrogens is 748 g/mol. The van der Waals surface area contributed by atoms with Crippen LogP contribution in [-0.2, 0) is 48.1 Å². The maximum atomic E-state index is 15.0. The summed E-state index contributed by atoms with van der Waals surface area (Å²) in [6.45, 7) is 0.749. The number of hydrogen-bond donors (Lipinski definition) is 2. The van der Waals surface area contributed by atoms with Gasteiger partial charge in [0.1, 0.15) is 18.1 Å². The fraction of sp³-hybridized carbons (Fsp3) is 0.477. The number of carbonyl (C=O) groups excluding carboxylic acids is 5. The zero-order valence-corrected chi connectivity index (χ0v) is 33.6. The molecule has 6 atom stereocenters. The monoisotopic (exact) mass is 800 g/mol. The first-order valence-corrected chi connectivity index (χ1v) is 21.4. The summed E-state index contributed by atoms with van der Waals surface area (Å²) in [5, 5.41) is 6.51. The van der Waals surface area contributed by atoms with Crippen LogP contribution in [0.4, 0.5) is 0 Å². The summed E-state index contributed by atoms with van der Waals surface area (Å²) in [5.74, 6) is -1.71. The summed E-state index contributed by atoms with van der Waals surface area (Å²) in [7, 11) is 1.34. The topological polar surface area (TPSA) is 125 Å². The summed E-state index contributed by atoms with van der Waals surface area (Å²) in [6.07, 6.45) is 6.35. The highest BCUT2D eigenvalue weighted by Crippen LogP contribution is 2.35. The van der Waals surface area contributed by atoms with Gasteiger partial charge in [-0.1, -0.05) is 90.5 Å². The summed E-state index contributed by atoms with van der Waals surface area (Å²) in [4.78, 5) is 73.3. The van der Waals surface area contributed by atoms with Gasteiger partial charge in [-0.25, -0.2) is 4.79 Å². The molecule has 3 aromatic carbocycles. The number of nitrogens with one attached hydrogen (secondary N) is 2. The second kappa shape index (κ2) is 20.2. The van der Waals surface area contributed by atoms with Crippen molar-refractivity contribution in [3.05, 3.63) is 107 Å². The molecule has 3 aromatic rings. The molecule has 298 valence electrons. The number of benzene rings is 3. The van der Waals surface area contributed by atoms with E-state index in [0.717, 1.165) is 42.4 Å². The molecule has 3 aliphatic heterocycles. The van der Waals surface area contributed by atoms with Gasteiger partial charge in [0.05, 0.1) is 12.5 Å². The van der Waals surface area contributed by atoms with Crippen LogP contribution in [0.2, 0.25) is 5.02 Å². The van der Waals surface area contributed by atoms with Crippen molar-refractivity contribution >= 4 is 53.0 Å². The Hall–Kier alpha value is -4.35. The molecule has 0 aliphatic carbocycles. The number of thioether (sulfide) groups is 1. The van der Waals surface area contributed by atoms with Crippen LogP contribution in [0.15, 0.2) is 84.9 Å². The number of methoxy groups -OCH3 is 1. The minimum atomic E-state index is -0.787. The average molecular weight is 801 g/mol.